The topological polar surface area (TPSA) is 58.5 Å². The second-order valence-corrected chi connectivity index (χ2v) is 6.69. The first-order chi connectivity index (χ1) is 15.6. The van der Waals surface area contributed by atoms with Crippen molar-refractivity contribution in [1.29, 1.82) is 0 Å². The molecule has 0 unspecified atom stereocenters. The molecule has 6 heteroatoms. The largest absolute Gasteiger partial charge is 0.497 e. The summed E-state index contributed by atoms with van der Waals surface area (Å²) in [5.74, 6) is 3.70. The monoisotopic (exact) mass is 433 g/mol. The fourth-order valence-electron chi connectivity index (χ4n) is 2.79. The van der Waals surface area contributed by atoms with Gasteiger partial charge in [-0.15, -0.1) is 0 Å². The molecule has 0 aliphatic heterocycles. The van der Waals surface area contributed by atoms with Gasteiger partial charge in [0.2, 0.25) is 5.90 Å². The predicted molar refractivity (Wildman–Crippen MR) is 126 cm³/mol. The summed E-state index contributed by atoms with van der Waals surface area (Å²) in [6.45, 7) is 4.37. The molecular formula is C26H27NO5. The molecule has 6 nitrogen and oxygen atoms in total. The molecule has 3 aromatic carbocycles. The molecule has 0 fully saturated rings. The number of hydrogen-bond donors (Lipinski definition) is 0. The number of benzene rings is 3. The number of ether oxygens (including phenoxy) is 5. The lowest BCUT2D eigenvalue weighted by molar-refractivity contribution is 0.339. The van der Waals surface area contributed by atoms with Crippen molar-refractivity contribution in [2.45, 2.75) is 13.8 Å². The SMILES string of the molecule is CCOc1cccc(OC(=N/c2ccc(OC)cc2)/C(C)=C/Oc2ccccc2OC)c1. The maximum absolute atomic E-state index is 6.13. The lowest BCUT2D eigenvalue weighted by Gasteiger charge is -2.12. The van der Waals surface area contributed by atoms with Crippen molar-refractivity contribution in [1.82, 2.24) is 0 Å². The van der Waals surface area contributed by atoms with Gasteiger partial charge in [0.1, 0.15) is 17.2 Å². The van der Waals surface area contributed by atoms with Crippen LogP contribution in [0.1, 0.15) is 13.8 Å². The van der Waals surface area contributed by atoms with Crippen LogP contribution in [0.4, 0.5) is 5.69 Å². The molecular weight excluding hydrogens is 406 g/mol. The minimum absolute atomic E-state index is 0.388. The molecule has 0 radical (unpaired) electrons. The van der Waals surface area contributed by atoms with Crippen LogP contribution < -0.4 is 23.7 Å². The van der Waals surface area contributed by atoms with E-state index in [1.807, 2.05) is 86.6 Å². The lowest BCUT2D eigenvalue weighted by atomic mass is 10.3. The molecule has 0 atom stereocenters. The Morgan fingerprint density at radius 3 is 2.22 bits per heavy atom. The van der Waals surface area contributed by atoms with Crippen molar-refractivity contribution in [2.75, 3.05) is 20.8 Å². The maximum atomic E-state index is 6.13. The average molecular weight is 434 g/mol. The van der Waals surface area contributed by atoms with Crippen molar-refractivity contribution in [3.05, 3.63) is 84.6 Å². The van der Waals surface area contributed by atoms with Crippen molar-refractivity contribution in [3.8, 4) is 28.7 Å². The second-order valence-electron chi connectivity index (χ2n) is 6.69. The van der Waals surface area contributed by atoms with E-state index in [1.165, 1.54) is 0 Å². The molecule has 0 spiro atoms. The second kappa shape index (κ2) is 11.5. The molecule has 0 heterocycles. The highest BCUT2D eigenvalue weighted by Crippen LogP contribution is 2.27. The predicted octanol–water partition coefficient (Wildman–Crippen LogP) is 6.19. The molecule has 0 saturated heterocycles. The molecule has 0 N–H and O–H groups in total. The molecule has 0 amide bonds. The molecule has 32 heavy (non-hydrogen) atoms. The first-order valence-corrected chi connectivity index (χ1v) is 10.2. The Morgan fingerprint density at radius 2 is 1.53 bits per heavy atom. The van der Waals surface area contributed by atoms with Crippen LogP contribution in [0.15, 0.2) is 89.6 Å². The van der Waals surface area contributed by atoms with Crippen molar-refractivity contribution < 1.29 is 23.7 Å². The van der Waals surface area contributed by atoms with Crippen molar-refractivity contribution in [2.24, 2.45) is 4.99 Å². The summed E-state index contributed by atoms with van der Waals surface area (Å²) in [4.78, 5) is 4.68. The van der Waals surface area contributed by atoms with E-state index < -0.39 is 0 Å². The van der Waals surface area contributed by atoms with E-state index in [2.05, 4.69) is 4.99 Å². The first kappa shape index (κ1) is 22.7. The fraction of sp³-hybridized carbons (Fsp3) is 0.192. The zero-order chi connectivity index (χ0) is 22.8. The summed E-state index contributed by atoms with van der Waals surface area (Å²) in [6, 6.07) is 22.2. The first-order valence-electron chi connectivity index (χ1n) is 10.2. The van der Waals surface area contributed by atoms with Gasteiger partial charge >= 0.3 is 0 Å². The summed E-state index contributed by atoms with van der Waals surface area (Å²) in [5.41, 5.74) is 1.40. The quantitative estimate of drug-likeness (QED) is 0.229. The van der Waals surface area contributed by atoms with Gasteiger partial charge < -0.3 is 23.7 Å². The van der Waals surface area contributed by atoms with Crippen LogP contribution in [0, 0.1) is 0 Å². The molecule has 0 aromatic heterocycles. The van der Waals surface area contributed by atoms with Crippen LogP contribution in [-0.2, 0) is 0 Å². The Labute approximate surface area is 188 Å². The molecule has 0 aliphatic rings. The molecule has 0 bridgehead atoms. The lowest BCUT2D eigenvalue weighted by Crippen LogP contribution is -2.11. The van der Waals surface area contributed by atoms with E-state index >= 15 is 0 Å². The summed E-state index contributed by atoms with van der Waals surface area (Å²) in [7, 11) is 3.23. The van der Waals surface area contributed by atoms with Gasteiger partial charge in [0.05, 0.1) is 32.8 Å². The summed E-state index contributed by atoms with van der Waals surface area (Å²) in [5, 5.41) is 0. The molecule has 3 rings (SSSR count). The minimum atomic E-state index is 0.388. The normalized spacial score (nSPS) is 11.6. The Kier molecular flexibility index (Phi) is 8.15. The Hall–Kier alpha value is -3.93. The Balaban J connectivity index is 1.91. The van der Waals surface area contributed by atoms with E-state index in [9.17, 15) is 0 Å². The third kappa shape index (κ3) is 6.28. The average Bonchev–Trinajstić information content (AvgIpc) is 2.83. The van der Waals surface area contributed by atoms with Gasteiger partial charge in [-0.05, 0) is 62.4 Å². The Morgan fingerprint density at radius 1 is 0.812 bits per heavy atom. The van der Waals surface area contributed by atoms with Gasteiger partial charge in [-0.25, -0.2) is 4.99 Å². The van der Waals surface area contributed by atoms with Crippen LogP contribution in [-0.4, -0.2) is 26.7 Å². The van der Waals surface area contributed by atoms with Gasteiger partial charge in [-0.1, -0.05) is 18.2 Å². The van der Waals surface area contributed by atoms with E-state index in [-0.39, 0.29) is 0 Å². The maximum Gasteiger partial charge on any atom is 0.225 e. The van der Waals surface area contributed by atoms with Gasteiger partial charge in [-0.2, -0.15) is 0 Å². The van der Waals surface area contributed by atoms with Gasteiger partial charge in [0, 0.05) is 11.6 Å². The highest BCUT2D eigenvalue weighted by Gasteiger charge is 2.10. The number of methoxy groups -OCH3 is 2. The van der Waals surface area contributed by atoms with Crippen molar-refractivity contribution in [3.63, 3.8) is 0 Å². The molecule has 0 saturated carbocycles. The van der Waals surface area contributed by atoms with Crippen LogP contribution in [0.25, 0.3) is 0 Å². The van der Waals surface area contributed by atoms with E-state index in [0.29, 0.717) is 41.0 Å². The Bertz CT molecular complexity index is 1070. The van der Waals surface area contributed by atoms with E-state index in [4.69, 9.17) is 23.7 Å². The molecule has 3 aromatic rings. The third-order valence-corrected chi connectivity index (χ3v) is 4.40. The summed E-state index contributed by atoms with van der Waals surface area (Å²) in [6.07, 6.45) is 1.59. The highest BCUT2D eigenvalue weighted by molar-refractivity contribution is 5.96. The van der Waals surface area contributed by atoms with Gasteiger partial charge in [0.25, 0.3) is 0 Å². The number of nitrogens with zero attached hydrogens (tertiary/aromatic N) is 1. The number of aliphatic imine (C=N–C) groups is 1. The van der Waals surface area contributed by atoms with Gasteiger partial charge in [-0.3, -0.25) is 0 Å². The van der Waals surface area contributed by atoms with E-state index in [1.54, 1.807) is 20.5 Å². The number of rotatable bonds is 9. The van der Waals surface area contributed by atoms with Crippen molar-refractivity contribution >= 4 is 11.6 Å². The van der Waals surface area contributed by atoms with Crippen LogP contribution in [0.2, 0.25) is 0 Å². The zero-order valence-electron chi connectivity index (χ0n) is 18.7. The summed E-state index contributed by atoms with van der Waals surface area (Å²) < 4.78 is 28.1. The van der Waals surface area contributed by atoms with Crippen LogP contribution in [0.3, 0.4) is 0 Å². The van der Waals surface area contributed by atoms with Crippen LogP contribution >= 0.6 is 0 Å². The smallest absolute Gasteiger partial charge is 0.225 e. The van der Waals surface area contributed by atoms with Crippen LogP contribution in [0.5, 0.6) is 28.7 Å². The number of hydrogen-bond acceptors (Lipinski definition) is 6. The van der Waals surface area contributed by atoms with E-state index in [0.717, 1.165) is 11.5 Å². The fourth-order valence-corrected chi connectivity index (χ4v) is 2.79. The third-order valence-electron chi connectivity index (χ3n) is 4.40. The minimum Gasteiger partial charge on any atom is -0.497 e. The molecule has 0 aliphatic carbocycles. The summed E-state index contributed by atoms with van der Waals surface area (Å²) >= 11 is 0. The number of para-hydroxylation sites is 2. The van der Waals surface area contributed by atoms with Gasteiger partial charge in [0.15, 0.2) is 11.5 Å². The standard InChI is InChI=1S/C26H27NO5/c1-5-30-22-9-8-10-23(17-22)32-26(27-20-13-15-21(28-3)16-14-20)19(2)18-31-25-12-7-6-11-24(25)29-4/h6-18H,5H2,1-4H3/b19-18+,27-26+. The molecule has 166 valence electrons. The zero-order valence-corrected chi connectivity index (χ0v) is 18.7. The highest BCUT2D eigenvalue weighted by atomic mass is 16.5.